The minimum Gasteiger partial charge on any atom is -0.359 e. The summed E-state index contributed by atoms with van der Waals surface area (Å²) in [5, 5.41) is 2.46. The second-order valence-electron chi connectivity index (χ2n) is 2.44. The number of Topliss-reactive ketones (excluding diaryl/α,β-unsaturated/α-hetero) is 1. The van der Waals surface area contributed by atoms with Crippen molar-refractivity contribution < 1.29 is 9.59 Å². The van der Waals surface area contributed by atoms with Crippen LogP contribution in [-0.4, -0.2) is 31.0 Å². The average Bonchev–Trinajstić information content (AvgIpc) is 2.12. The summed E-state index contributed by atoms with van der Waals surface area (Å²) in [5.41, 5.74) is 5.11. The zero-order valence-corrected chi connectivity index (χ0v) is 7.93. The Labute approximate surface area is 77.3 Å². The molecule has 0 aliphatic rings. The van der Waals surface area contributed by atoms with E-state index in [0.29, 0.717) is 5.75 Å². The Morgan fingerprint density at radius 2 is 2.17 bits per heavy atom. The molecule has 0 fully saturated rings. The van der Waals surface area contributed by atoms with Crippen LogP contribution in [-0.2, 0) is 9.59 Å². The summed E-state index contributed by atoms with van der Waals surface area (Å²) in [6.45, 7) is -0.0126. The van der Waals surface area contributed by atoms with Crippen LogP contribution < -0.4 is 11.1 Å². The molecule has 0 aromatic rings. The van der Waals surface area contributed by atoms with Crippen molar-refractivity contribution in [2.24, 2.45) is 11.7 Å². The summed E-state index contributed by atoms with van der Waals surface area (Å²) < 4.78 is 0. The molecule has 0 saturated carbocycles. The molecule has 1 atom stereocenters. The topological polar surface area (TPSA) is 72.2 Å². The third kappa shape index (κ3) is 3.73. The first-order chi connectivity index (χ1) is 5.65. The molecule has 1 amide bonds. The molecule has 4 nitrogen and oxygen atoms in total. The fourth-order valence-corrected chi connectivity index (χ4v) is 1.10. The van der Waals surface area contributed by atoms with Gasteiger partial charge in [0.2, 0.25) is 5.91 Å². The molecular formula is C7H14N2O2S. The van der Waals surface area contributed by atoms with E-state index in [2.05, 4.69) is 17.9 Å². The van der Waals surface area contributed by atoms with Gasteiger partial charge in [-0.3, -0.25) is 9.59 Å². The van der Waals surface area contributed by atoms with Crippen LogP contribution in [0.1, 0.15) is 6.42 Å². The van der Waals surface area contributed by atoms with Gasteiger partial charge in [0.05, 0.1) is 12.5 Å². The number of hydrogen-bond acceptors (Lipinski definition) is 4. The fourth-order valence-electron chi connectivity index (χ4n) is 0.802. The summed E-state index contributed by atoms with van der Waals surface area (Å²) in [5.74, 6) is -0.260. The van der Waals surface area contributed by atoms with Crippen molar-refractivity contribution in [3.05, 3.63) is 0 Å². The Morgan fingerprint density at radius 3 is 2.50 bits per heavy atom. The highest BCUT2D eigenvalue weighted by atomic mass is 32.1. The molecule has 0 aromatic carbocycles. The monoisotopic (exact) mass is 190 g/mol. The molecule has 0 spiro atoms. The third-order valence-corrected chi connectivity index (χ3v) is 1.98. The number of hydrogen-bond donors (Lipinski definition) is 3. The van der Waals surface area contributed by atoms with E-state index >= 15 is 0 Å². The van der Waals surface area contributed by atoms with Crippen LogP contribution >= 0.6 is 12.6 Å². The minimum atomic E-state index is -0.352. The molecule has 0 radical (unpaired) electrons. The van der Waals surface area contributed by atoms with Gasteiger partial charge in [-0.25, -0.2) is 0 Å². The third-order valence-electron chi connectivity index (χ3n) is 1.54. The molecule has 1 unspecified atom stereocenters. The number of nitrogens with one attached hydrogen (secondary N) is 1. The summed E-state index contributed by atoms with van der Waals surface area (Å²) in [4.78, 5) is 21.9. The van der Waals surface area contributed by atoms with Crippen LogP contribution in [0.3, 0.4) is 0 Å². The SMILES string of the molecule is CNC(=O)C(CS)CC(=O)CN. The first-order valence-electron chi connectivity index (χ1n) is 3.70. The maximum atomic E-state index is 11.0. The largest absolute Gasteiger partial charge is 0.359 e. The second-order valence-corrected chi connectivity index (χ2v) is 2.81. The normalized spacial score (nSPS) is 12.2. The first kappa shape index (κ1) is 11.4. The summed E-state index contributed by atoms with van der Waals surface area (Å²) in [6, 6.07) is 0. The molecule has 0 aromatic heterocycles. The quantitative estimate of drug-likeness (QED) is 0.497. The van der Waals surface area contributed by atoms with Crippen molar-refractivity contribution in [2.75, 3.05) is 19.3 Å². The van der Waals surface area contributed by atoms with Gasteiger partial charge in [0.15, 0.2) is 0 Å². The van der Waals surface area contributed by atoms with Crippen LogP contribution in [0.5, 0.6) is 0 Å². The standard InChI is InChI=1S/C7H14N2O2S/c1-9-7(11)5(4-12)2-6(10)3-8/h5,12H,2-4,8H2,1H3,(H,9,11). The molecular weight excluding hydrogens is 176 g/mol. The van der Waals surface area contributed by atoms with Gasteiger partial charge >= 0.3 is 0 Å². The number of carbonyl (C=O) groups is 2. The van der Waals surface area contributed by atoms with Crippen LogP contribution in [0.2, 0.25) is 0 Å². The van der Waals surface area contributed by atoms with Crippen molar-refractivity contribution in [3.63, 3.8) is 0 Å². The lowest BCUT2D eigenvalue weighted by molar-refractivity contribution is -0.127. The average molecular weight is 190 g/mol. The van der Waals surface area contributed by atoms with E-state index in [4.69, 9.17) is 5.73 Å². The first-order valence-corrected chi connectivity index (χ1v) is 4.33. The van der Waals surface area contributed by atoms with Gasteiger partial charge in [0.25, 0.3) is 0 Å². The summed E-state index contributed by atoms with van der Waals surface area (Å²) >= 11 is 3.97. The van der Waals surface area contributed by atoms with Crippen molar-refractivity contribution in [3.8, 4) is 0 Å². The number of ketones is 1. The van der Waals surface area contributed by atoms with E-state index in [-0.39, 0.29) is 30.6 Å². The van der Waals surface area contributed by atoms with E-state index in [9.17, 15) is 9.59 Å². The van der Waals surface area contributed by atoms with Crippen LogP contribution in [0.25, 0.3) is 0 Å². The zero-order chi connectivity index (χ0) is 9.56. The van der Waals surface area contributed by atoms with E-state index < -0.39 is 0 Å². The van der Waals surface area contributed by atoms with Crippen molar-refractivity contribution in [1.29, 1.82) is 0 Å². The number of nitrogens with two attached hydrogens (primary N) is 1. The zero-order valence-electron chi connectivity index (χ0n) is 7.04. The summed E-state index contributed by atoms with van der Waals surface area (Å²) in [7, 11) is 1.53. The molecule has 5 heteroatoms. The highest BCUT2D eigenvalue weighted by Gasteiger charge is 2.17. The van der Waals surface area contributed by atoms with E-state index in [1.54, 1.807) is 0 Å². The molecule has 0 saturated heterocycles. The highest BCUT2D eigenvalue weighted by molar-refractivity contribution is 7.80. The maximum absolute atomic E-state index is 11.0. The smallest absolute Gasteiger partial charge is 0.224 e. The molecule has 0 bridgehead atoms. The number of rotatable bonds is 5. The maximum Gasteiger partial charge on any atom is 0.224 e. The number of thiol groups is 1. The Hall–Kier alpha value is -0.550. The Balaban J connectivity index is 3.99. The van der Waals surface area contributed by atoms with Crippen LogP contribution in [0.4, 0.5) is 0 Å². The lowest BCUT2D eigenvalue weighted by Crippen LogP contribution is -2.31. The molecule has 0 rings (SSSR count). The van der Waals surface area contributed by atoms with Gasteiger partial charge in [-0.2, -0.15) is 12.6 Å². The van der Waals surface area contributed by atoms with Crippen molar-refractivity contribution >= 4 is 24.3 Å². The van der Waals surface area contributed by atoms with E-state index in [1.165, 1.54) is 7.05 Å². The minimum absolute atomic E-state index is 0.0126. The number of amides is 1. The van der Waals surface area contributed by atoms with Gasteiger partial charge in [0, 0.05) is 19.2 Å². The summed E-state index contributed by atoms with van der Waals surface area (Å²) in [6.07, 6.45) is 0.180. The second kappa shape index (κ2) is 6.02. The van der Waals surface area contributed by atoms with E-state index in [0.717, 1.165) is 0 Å². The lowest BCUT2D eigenvalue weighted by Gasteiger charge is -2.10. The molecule has 0 heterocycles. The molecule has 3 N–H and O–H groups in total. The van der Waals surface area contributed by atoms with Gasteiger partial charge in [-0.1, -0.05) is 0 Å². The molecule has 12 heavy (non-hydrogen) atoms. The van der Waals surface area contributed by atoms with Crippen molar-refractivity contribution in [1.82, 2.24) is 5.32 Å². The van der Waals surface area contributed by atoms with Gasteiger partial charge < -0.3 is 11.1 Å². The molecule has 0 aliphatic heterocycles. The highest BCUT2D eigenvalue weighted by Crippen LogP contribution is 2.05. The molecule has 70 valence electrons. The van der Waals surface area contributed by atoms with Gasteiger partial charge in [-0.15, -0.1) is 0 Å². The van der Waals surface area contributed by atoms with Gasteiger partial charge in [0.1, 0.15) is 5.78 Å². The van der Waals surface area contributed by atoms with Crippen LogP contribution in [0, 0.1) is 5.92 Å². The number of carbonyl (C=O) groups excluding carboxylic acids is 2. The lowest BCUT2D eigenvalue weighted by atomic mass is 10.0. The Kier molecular flexibility index (Phi) is 5.74. The van der Waals surface area contributed by atoms with E-state index in [1.807, 2.05) is 0 Å². The predicted molar refractivity (Wildman–Crippen MR) is 50.1 cm³/mol. The van der Waals surface area contributed by atoms with Gasteiger partial charge in [-0.05, 0) is 0 Å². The van der Waals surface area contributed by atoms with Crippen molar-refractivity contribution in [2.45, 2.75) is 6.42 Å². The predicted octanol–water partition coefficient (Wildman–Crippen LogP) is -0.804. The van der Waals surface area contributed by atoms with Crippen LogP contribution in [0.15, 0.2) is 0 Å². The fraction of sp³-hybridized carbons (Fsp3) is 0.714. The Morgan fingerprint density at radius 1 is 1.58 bits per heavy atom. The Bertz CT molecular complexity index is 173. The molecule has 0 aliphatic carbocycles.